The van der Waals surface area contributed by atoms with Crippen molar-refractivity contribution in [1.82, 2.24) is 15.0 Å². The van der Waals surface area contributed by atoms with Crippen molar-refractivity contribution in [3.05, 3.63) is 54.1 Å². The van der Waals surface area contributed by atoms with Crippen LogP contribution in [0.5, 0.6) is 5.75 Å². The van der Waals surface area contributed by atoms with Crippen molar-refractivity contribution in [2.75, 3.05) is 32.9 Å². The number of rotatable bonds is 5. The SMILES string of the molecule is CC(C)(C)c1ccc(-c2nc(-c3ccccc3OCC(=O)N3CCOCC3)no2)cc1. The number of aromatic nitrogens is 2. The summed E-state index contributed by atoms with van der Waals surface area (Å²) in [7, 11) is 0. The number of nitrogens with zero attached hydrogens (tertiary/aromatic N) is 3. The van der Waals surface area contributed by atoms with E-state index in [1.165, 1.54) is 5.56 Å². The summed E-state index contributed by atoms with van der Waals surface area (Å²) < 4.78 is 16.6. The Hall–Kier alpha value is -3.19. The van der Waals surface area contributed by atoms with Crippen molar-refractivity contribution >= 4 is 5.91 Å². The molecule has 0 radical (unpaired) electrons. The van der Waals surface area contributed by atoms with E-state index in [1.807, 2.05) is 30.3 Å². The standard InChI is InChI=1S/C24H27N3O4/c1-24(2,3)18-10-8-17(9-11-18)23-25-22(26-31-23)19-6-4-5-7-20(19)30-16-21(28)27-12-14-29-15-13-27/h4-11H,12-16H2,1-3H3. The molecule has 4 rings (SSSR count). The zero-order valence-corrected chi connectivity index (χ0v) is 18.1. The first-order valence-electron chi connectivity index (χ1n) is 10.4. The minimum absolute atomic E-state index is 0.0456. The highest BCUT2D eigenvalue weighted by molar-refractivity contribution is 5.78. The molecule has 0 bridgehead atoms. The highest BCUT2D eigenvalue weighted by Crippen LogP contribution is 2.30. The zero-order chi connectivity index (χ0) is 21.8. The molecule has 1 aromatic heterocycles. The van der Waals surface area contributed by atoms with Gasteiger partial charge in [0, 0.05) is 18.7 Å². The van der Waals surface area contributed by atoms with E-state index in [4.69, 9.17) is 14.0 Å². The van der Waals surface area contributed by atoms with Gasteiger partial charge in [-0.2, -0.15) is 4.98 Å². The average molecular weight is 421 g/mol. The normalized spacial score (nSPS) is 14.5. The van der Waals surface area contributed by atoms with Gasteiger partial charge < -0.3 is 18.9 Å². The number of hydrogen-bond acceptors (Lipinski definition) is 6. The molecule has 3 aromatic rings. The number of hydrogen-bond donors (Lipinski definition) is 0. The highest BCUT2D eigenvalue weighted by Gasteiger charge is 2.20. The first-order chi connectivity index (χ1) is 14.9. The molecule has 1 aliphatic rings. The van der Waals surface area contributed by atoms with Crippen LogP contribution in [-0.4, -0.2) is 53.9 Å². The van der Waals surface area contributed by atoms with Crippen LogP contribution in [-0.2, 0) is 14.9 Å². The molecule has 7 nitrogen and oxygen atoms in total. The summed E-state index contributed by atoms with van der Waals surface area (Å²) in [4.78, 5) is 18.7. The molecule has 0 N–H and O–H groups in total. The third-order valence-electron chi connectivity index (χ3n) is 5.27. The molecular formula is C24H27N3O4. The maximum absolute atomic E-state index is 12.4. The molecule has 1 fully saturated rings. The van der Waals surface area contributed by atoms with Gasteiger partial charge in [-0.3, -0.25) is 4.79 Å². The Morgan fingerprint density at radius 1 is 1.06 bits per heavy atom. The molecule has 0 unspecified atom stereocenters. The van der Waals surface area contributed by atoms with Gasteiger partial charge >= 0.3 is 0 Å². The van der Waals surface area contributed by atoms with Gasteiger partial charge in [-0.15, -0.1) is 0 Å². The molecule has 0 atom stereocenters. The van der Waals surface area contributed by atoms with Gasteiger partial charge in [0.15, 0.2) is 6.61 Å². The number of benzene rings is 2. The lowest BCUT2D eigenvalue weighted by Crippen LogP contribution is -2.43. The van der Waals surface area contributed by atoms with Crippen molar-refractivity contribution in [2.45, 2.75) is 26.2 Å². The van der Waals surface area contributed by atoms with Gasteiger partial charge in [-0.05, 0) is 35.2 Å². The lowest BCUT2D eigenvalue weighted by atomic mass is 9.87. The Labute approximate surface area is 182 Å². The number of carbonyl (C=O) groups excluding carboxylic acids is 1. The Bertz CT molecular complexity index is 1030. The first kappa shape index (κ1) is 21.1. The van der Waals surface area contributed by atoms with Crippen LogP contribution >= 0.6 is 0 Å². The van der Waals surface area contributed by atoms with Crippen molar-refractivity contribution in [3.8, 4) is 28.6 Å². The fourth-order valence-corrected chi connectivity index (χ4v) is 3.38. The molecule has 2 aromatic carbocycles. The van der Waals surface area contributed by atoms with Crippen LogP contribution in [0.1, 0.15) is 26.3 Å². The minimum atomic E-state index is -0.0640. The first-order valence-corrected chi connectivity index (χ1v) is 10.4. The number of amides is 1. The smallest absolute Gasteiger partial charge is 0.260 e. The Balaban J connectivity index is 1.49. The van der Waals surface area contributed by atoms with Crippen LogP contribution in [0.25, 0.3) is 22.8 Å². The van der Waals surface area contributed by atoms with Crippen molar-refractivity contribution in [2.24, 2.45) is 0 Å². The second-order valence-electron chi connectivity index (χ2n) is 8.53. The van der Waals surface area contributed by atoms with Crippen molar-refractivity contribution < 1.29 is 18.8 Å². The van der Waals surface area contributed by atoms with E-state index in [1.54, 1.807) is 11.0 Å². The van der Waals surface area contributed by atoms with Crippen molar-refractivity contribution in [1.29, 1.82) is 0 Å². The summed E-state index contributed by atoms with van der Waals surface area (Å²) in [5.74, 6) is 1.34. The number of morpholine rings is 1. The average Bonchev–Trinajstić information content (AvgIpc) is 3.28. The number of carbonyl (C=O) groups is 1. The molecule has 31 heavy (non-hydrogen) atoms. The lowest BCUT2D eigenvalue weighted by Gasteiger charge is -2.26. The van der Waals surface area contributed by atoms with Gasteiger partial charge in [0.1, 0.15) is 5.75 Å². The highest BCUT2D eigenvalue weighted by atomic mass is 16.5. The molecule has 7 heteroatoms. The second kappa shape index (κ2) is 8.89. The summed E-state index contributed by atoms with van der Waals surface area (Å²) in [6, 6.07) is 15.5. The summed E-state index contributed by atoms with van der Waals surface area (Å²) in [5.41, 5.74) is 2.85. The van der Waals surface area contributed by atoms with Crippen LogP contribution in [0, 0.1) is 0 Å². The predicted molar refractivity (Wildman–Crippen MR) is 117 cm³/mol. The quantitative estimate of drug-likeness (QED) is 0.621. The van der Waals surface area contributed by atoms with E-state index >= 15 is 0 Å². The fraction of sp³-hybridized carbons (Fsp3) is 0.375. The van der Waals surface area contributed by atoms with Gasteiger partial charge in [0.25, 0.3) is 11.8 Å². The monoisotopic (exact) mass is 421 g/mol. The van der Waals surface area contributed by atoms with E-state index < -0.39 is 0 Å². The van der Waals surface area contributed by atoms with Gasteiger partial charge in [-0.1, -0.05) is 50.2 Å². The zero-order valence-electron chi connectivity index (χ0n) is 18.1. The predicted octanol–water partition coefficient (Wildman–Crippen LogP) is 3.94. The topological polar surface area (TPSA) is 77.7 Å². The molecule has 0 saturated carbocycles. The molecule has 162 valence electrons. The summed E-state index contributed by atoms with van der Waals surface area (Å²) >= 11 is 0. The Morgan fingerprint density at radius 2 is 1.77 bits per heavy atom. The van der Waals surface area contributed by atoms with Crippen LogP contribution in [0.2, 0.25) is 0 Å². The summed E-state index contributed by atoms with van der Waals surface area (Å²) in [5, 5.41) is 4.13. The molecule has 0 spiro atoms. The second-order valence-corrected chi connectivity index (χ2v) is 8.53. The molecule has 1 aliphatic heterocycles. The third kappa shape index (κ3) is 4.94. The fourth-order valence-electron chi connectivity index (χ4n) is 3.38. The van der Waals surface area contributed by atoms with Gasteiger partial charge in [0.2, 0.25) is 5.82 Å². The van der Waals surface area contributed by atoms with E-state index in [0.29, 0.717) is 49.3 Å². The van der Waals surface area contributed by atoms with Gasteiger partial charge in [0.05, 0.1) is 18.8 Å². The molecule has 2 heterocycles. The summed E-state index contributed by atoms with van der Waals surface area (Å²) in [6.07, 6.45) is 0. The summed E-state index contributed by atoms with van der Waals surface area (Å²) in [6.45, 7) is 8.78. The number of ether oxygens (including phenoxy) is 2. The maximum Gasteiger partial charge on any atom is 0.260 e. The van der Waals surface area contributed by atoms with Crippen LogP contribution < -0.4 is 4.74 Å². The number of para-hydroxylation sites is 1. The molecule has 1 saturated heterocycles. The van der Waals surface area contributed by atoms with E-state index in [2.05, 4.69) is 43.0 Å². The van der Waals surface area contributed by atoms with Gasteiger partial charge in [-0.25, -0.2) is 0 Å². The van der Waals surface area contributed by atoms with E-state index in [0.717, 1.165) is 5.56 Å². The molecular weight excluding hydrogens is 394 g/mol. The minimum Gasteiger partial charge on any atom is -0.483 e. The van der Waals surface area contributed by atoms with E-state index in [-0.39, 0.29) is 17.9 Å². The molecule has 1 amide bonds. The van der Waals surface area contributed by atoms with E-state index in [9.17, 15) is 4.79 Å². The van der Waals surface area contributed by atoms with Crippen LogP contribution in [0.4, 0.5) is 0 Å². The van der Waals surface area contributed by atoms with Crippen LogP contribution in [0.3, 0.4) is 0 Å². The Kier molecular flexibility index (Phi) is 6.04. The molecule has 0 aliphatic carbocycles. The van der Waals surface area contributed by atoms with Crippen molar-refractivity contribution in [3.63, 3.8) is 0 Å². The van der Waals surface area contributed by atoms with Crippen LogP contribution in [0.15, 0.2) is 53.1 Å². The third-order valence-corrected chi connectivity index (χ3v) is 5.27. The largest absolute Gasteiger partial charge is 0.483 e. The maximum atomic E-state index is 12.4. The lowest BCUT2D eigenvalue weighted by molar-refractivity contribution is -0.137. The Morgan fingerprint density at radius 3 is 2.48 bits per heavy atom.